The largest absolute Gasteiger partial charge is 0.342 e. The fourth-order valence-corrected chi connectivity index (χ4v) is 3.62. The Kier molecular flexibility index (Phi) is 5.00. The van der Waals surface area contributed by atoms with Gasteiger partial charge in [0.25, 0.3) is 0 Å². The predicted molar refractivity (Wildman–Crippen MR) is 91.8 cm³/mol. The Morgan fingerprint density at radius 1 is 1.30 bits per heavy atom. The lowest BCUT2D eigenvalue weighted by molar-refractivity contribution is -0.129. The second kappa shape index (κ2) is 7.17. The molecule has 6 heteroatoms. The van der Waals surface area contributed by atoms with Crippen LogP contribution in [0.3, 0.4) is 0 Å². The molecule has 1 aromatic carbocycles. The quantitative estimate of drug-likeness (QED) is 0.809. The van der Waals surface area contributed by atoms with Crippen LogP contribution in [0.4, 0.5) is 0 Å². The number of hydrogen-bond donors (Lipinski definition) is 0. The van der Waals surface area contributed by atoms with Gasteiger partial charge in [0, 0.05) is 13.1 Å². The first-order valence-electron chi connectivity index (χ1n) is 8.01. The van der Waals surface area contributed by atoms with Gasteiger partial charge in [-0.1, -0.05) is 36.9 Å². The lowest BCUT2D eigenvalue weighted by atomic mass is 9.99. The van der Waals surface area contributed by atoms with Gasteiger partial charge in [-0.25, -0.2) is 0 Å². The van der Waals surface area contributed by atoms with Crippen molar-refractivity contribution in [1.82, 2.24) is 19.7 Å². The molecule has 1 saturated heterocycles. The summed E-state index contributed by atoms with van der Waals surface area (Å²) >= 11 is 1.46. The lowest BCUT2D eigenvalue weighted by Crippen LogP contribution is -2.38. The fraction of sp³-hybridized carbons (Fsp3) is 0.471. The minimum absolute atomic E-state index is 0.196. The van der Waals surface area contributed by atoms with Crippen molar-refractivity contribution in [3.63, 3.8) is 0 Å². The third-order valence-corrected chi connectivity index (χ3v) is 5.28. The van der Waals surface area contributed by atoms with Crippen molar-refractivity contribution >= 4 is 17.7 Å². The first-order valence-corrected chi connectivity index (χ1v) is 9.00. The van der Waals surface area contributed by atoms with Crippen LogP contribution < -0.4 is 0 Å². The van der Waals surface area contributed by atoms with Crippen molar-refractivity contribution in [3.8, 4) is 5.69 Å². The van der Waals surface area contributed by atoms with Crippen LogP contribution in [0.25, 0.3) is 5.69 Å². The molecule has 0 saturated carbocycles. The van der Waals surface area contributed by atoms with Gasteiger partial charge in [0.05, 0.1) is 11.4 Å². The summed E-state index contributed by atoms with van der Waals surface area (Å²) in [5.41, 5.74) is 2.21. The summed E-state index contributed by atoms with van der Waals surface area (Å²) in [7, 11) is 0. The number of likely N-dealkylation sites (tertiary alicyclic amines) is 1. The standard InChI is InChI=1S/C17H22N4OS/c1-13-7-9-20(10-8-13)16(22)11-23-17-19-18-12-21(17)15-6-4-3-5-14(15)2/h3-6,12-13H,7-11H2,1-2H3. The average Bonchev–Trinajstić information content (AvgIpc) is 3.02. The lowest BCUT2D eigenvalue weighted by Gasteiger charge is -2.30. The monoisotopic (exact) mass is 330 g/mol. The average molecular weight is 330 g/mol. The van der Waals surface area contributed by atoms with Crippen LogP contribution >= 0.6 is 11.8 Å². The molecule has 5 nitrogen and oxygen atoms in total. The number of amides is 1. The van der Waals surface area contributed by atoms with Crippen molar-refractivity contribution in [2.75, 3.05) is 18.8 Å². The van der Waals surface area contributed by atoms with E-state index < -0.39 is 0 Å². The summed E-state index contributed by atoms with van der Waals surface area (Å²) in [6, 6.07) is 8.11. The minimum atomic E-state index is 0.196. The zero-order valence-electron chi connectivity index (χ0n) is 13.6. The van der Waals surface area contributed by atoms with Crippen molar-refractivity contribution in [2.45, 2.75) is 31.8 Å². The number of nitrogens with zero attached hydrogens (tertiary/aromatic N) is 4. The summed E-state index contributed by atoms with van der Waals surface area (Å²) in [6.45, 7) is 6.07. The third kappa shape index (κ3) is 3.75. The number of para-hydroxylation sites is 1. The Morgan fingerprint density at radius 3 is 2.78 bits per heavy atom. The first-order chi connectivity index (χ1) is 11.1. The summed E-state index contributed by atoms with van der Waals surface area (Å²) in [4.78, 5) is 14.3. The highest BCUT2D eigenvalue weighted by Crippen LogP contribution is 2.23. The van der Waals surface area contributed by atoms with Gasteiger partial charge in [0.15, 0.2) is 5.16 Å². The molecule has 1 fully saturated rings. The van der Waals surface area contributed by atoms with E-state index in [1.54, 1.807) is 6.33 Å². The Morgan fingerprint density at radius 2 is 2.04 bits per heavy atom. The van der Waals surface area contributed by atoms with E-state index in [4.69, 9.17) is 0 Å². The van der Waals surface area contributed by atoms with Gasteiger partial charge in [-0.15, -0.1) is 10.2 Å². The topological polar surface area (TPSA) is 51.0 Å². The Bertz CT molecular complexity index is 677. The molecule has 0 spiro atoms. The molecule has 0 bridgehead atoms. The van der Waals surface area contributed by atoms with E-state index in [1.807, 2.05) is 27.7 Å². The summed E-state index contributed by atoms with van der Waals surface area (Å²) in [6.07, 6.45) is 3.92. The highest BCUT2D eigenvalue weighted by molar-refractivity contribution is 7.99. The molecule has 1 aromatic heterocycles. The second-order valence-electron chi connectivity index (χ2n) is 6.12. The predicted octanol–water partition coefficient (Wildman–Crippen LogP) is 2.93. The Labute approximate surface area is 141 Å². The number of hydrogen-bond acceptors (Lipinski definition) is 4. The molecule has 0 radical (unpaired) electrons. The van der Waals surface area contributed by atoms with Crippen LogP contribution in [0.2, 0.25) is 0 Å². The van der Waals surface area contributed by atoms with Gasteiger partial charge in [0.2, 0.25) is 5.91 Å². The maximum absolute atomic E-state index is 12.4. The van der Waals surface area contributed by atoms with Gasteiger partial charge in [-0.2, -0.15) is 0 Å². The maximum atomic E-state index is 12.4. The van der Waals surface area contributed by atoms with E-state index in [0.717, 1.165) is 48.3 Å². The number of benzene rings is 1. The molecular weight excluding hydrogens is 308 g/mol. The molecular formula is C17H22N4OS. The molecule has 122 valence electrons. The van der Waals surface area contributed by atoms with Crippen molar-refractivity contribution in [3.05, 3.63) is 36.2 Å². The number of carbonyl (C=O) groups excluding carboxylic acids is 1. The van der Waals surface area contributed by atoms with Crippen LogP contribution in [0, 0.1) is 12.8 Å². The molecule has 2 heterocycles. The van der Waals surface area contributed by atoms with Gasteiger partial charge in [-0.05, 0) is 37.3 Å². The van der Waals surface area contributed by atoms with Gasteiger partial charge < -0.3 is 4.90 Å². The normalized spacial score (nSPS) is 15.8. The summed E-state index contributed by atoms with van der Waals surface area (Å²) in [5, 5.41) is 8.94. The molecule has 0 aliphatic carbocycles. The van der Waals surface area contributed by atoms with Gasteiger partial charge >= 0.3 is 0 Å². The number of aryl methyl sites for hydroxylation is 1. The summed E-state index contributed by atoms with van der Waals surface area (Å²) < 4.78 is 1.95. The first kappa shape index (κ1) is 16.1. The second-order valence-corrected chi connectivity index (χ2v) is 7.06. The van der Waals surface area contributed by atoms with E-state index >= 15 is 0 Å². The number of thioether (sulfide) groups is 1. The maximum Gasteiger partial charge on any atom is 0.233 e. The highest BCUT2D eigenvalue weighted by atomic mass is 32.2. The highest BCUT2D eigenvalue weighted by Gasteiger charge is 2.21. The molecule has 3 rings (SSSR count). The number of aromatic nitrogens is 3. The van der Waals surface area contributed by atoms with Gasteiger partial charge in [-0.3, -0.25) is 9.36 Å². The van der Waals surface area contributed by atoms with Crippen molar-refractivity contribution in [2.24, 2.45) is 5.92 Å². The van der Waals surface area contributed by atoms with Crippen LogP contribution in [-0.2, 0) is 4.79 Å². The molecule has 0 unspecified atom stereocenters. The summed E-state index contributed by atoms with van der Waals surface area (Å²) in [5.74, 6) is 1.34. The van der Waals surface area contributed by atoms with E-state index in [0.29, 0.717) is 5.75 Å². The molecule has 1 aliphatic heterocycles. The number of piperidine rings is 1. The zero-order valence-corrected chi connectivity index (χ0v) is 14.4. The van der Waals surface area contributed by atoms with Crippen LogP contribution in [0.15, 0.2) is 35.7 Å². The third-order valence-electron chi connectivity index (χ3n) is 4.35. The Hall–Kier alpha value is -1.82. The molecule has 1 amide bonds. The van der Waals surface area contributed by atoms with Crippen LogP contribution in [-0.4, -0.2) is 44.4 Å². The smallest absolute Gasteiger partial charge is 0.233 e. The fourth-order valence-electron chi connectivity index (χ4n) is 2.80. The van der Waals surface area contributed by atoms with Crippen molar-refractivity contribution in [1.29, 1.82) is 0 Å². The van der Waals surface area contributed by atoms with Crippen molar-refractivity contribution < 1.29 is 4.79 Å². The van der Waals surface area contributed by atoms with E-state index in [-0.39, 0.29) is 5.91 Å². The van der Waals surface area contributed by atoms with Gasteiger partial charge in [0.1, 0.15) is 6.33 Å². The SMILES string of the molecule is Cc1ccccc1-n1cnnc1SCC(=O)N1CCC(C)CC1. The van der Waals surface area contributed by atoms with E-state index in [1.165, 1.54) is 11.8 Å². The molecule has 2 aromatic rings. The molecule has 1 aliphatic rings. The van der Waals surface area contributed by atoms with Crippen LogP contribution in [0.1, 0.15) is 25.3 Å². The molecule has 23 heavy (non-hydrogen) atoms. The minimum Gasteiger partial charge on any atom is -0.342 e. The Balaban J connectivity index is 1.65. The van der Waals surface area contributed by atoms with Crippen LogP contribution in [0.5, 0.6) is 0 Å². The number of rotatable bonds is 4. The van der Waals surface area contributed by atoms with E-state index in [2.05, 4.69) is 30.1 Å². The zero-order chi connectivity index (χ0) is 16.2. The number of carbonyl (C=O) groups is 1. The van der Waals surface area contributed by atoms with E-state index in [9.17, 15) is 4.79 Å². The molecule has 0 N–H and O–H groups in total. The molecule has 0 atom stereocenters.